The van der Waals surface area contributed by atoms with Crippen molar-refractivity contribution in [1.29, 1.82) is 0 Å². The first-order valence-corrected chi connectivity index (χ1v) is 7.84. The van der Waals surface area contributed by atoms with Crippen molar-refractivity contribution in [1.82, 2.24) is 10.3 Å². The molecule has 1 unspecified atom stereocenters. The van der Waals surface area contributed by atoms with Gasteiger partial charge in [0.25, 0.3) is 0 Å². The summed E-state index contributed by atoms with van der Waals surface area (Å²) in [5.41, 5.74) is 1.79. The lowest BCUT2D eigenvalue weighted by atomic mass is 10.1. The molecule has 2 aromatic rings. The molecule has 3 nitrogen and oxygen atoms in total. The van der Waals surface area contributed by atoms with Crippen LogP contribution in [-0.4, -0.2) is 18.1 Å². The fourth-order valence-electron chi connectivity index (χ4n) is 2.45. The van der Waals surface area contributed by atoms with Crippen LogP contribution in [0.3, 0.4) is 0 Å². The molecule has 0 saturated carbocycles. The zero-order valence-electron chi connectivity index (χ0n) is 11.4. The smallest absolute Gasteiger partial charge is 0.387 e. The molecule has 1 aromatic carbocycles. The van der Waals surface area contributed by atoms with Crippen LogP contribution in [0.25, 0.3) is 11.3 Å². The van der Waals surface area contributed by atoms with Crippen molar-refractivity contribution in [2.24, 2.45) is 0 Å². The van der Waals surface area contributed by atoms with E-state index in [1.165, 1.54) is 12.8 Å². The van der Waals surface area contributed by atoms with Gasteiger partial charge in [0.2, 0.25) is 0 Å². The molecule has 1 N–H and O–H groups in total. The fourth-order valence-corrected chi connectivity index (χ4v) is 3.39. The highest BCUT2D eigenvalue weighted by molar-refractivity contribution is 7.10. The second-order valence-corrected chi connectivity index (χ2v) is 5.87. The van der Waals surface area contributed by atoms with Gasteiger partial charge in [0.1, 0.15) is 10.8 Å². The van der Waals surface area contributed by atoms with Crippen molar-refractivity contribution in [3.63, 3.8) is 0 Å². The monoisotopic (exact) mass is 310 g/mol. The van der Waals surface area contributed by atoms with E-state index < -0.39 is 6.61 Å². The van der Waals surface area contributed by atoms with Gasteiger partial charge in [-0.2, -0.15) is 8.78 Å². The Bertz CT molecular complexity index is 580. The van der Waals surface area contributed by atoms with Crippen molar-refractivity contribution >= 4 is 11.3 Å². The van der Waals surface area contributed by atoms with Crippen LogP contribution >= 0.6 is 11.3 Å². The standard InChI is InChI=1S/C15H16F2N2OS/c16-15(17)20-11-6-4-10(5-7-11)13-9-21-14(19-13)12-3-1-2-8-18-12/h4-7,9,12,15,18H,1-3,8H2. The molecule has 1 aromatic heterocycles. The van der Waals surface area contributed by atoms with E-state index in [9.17, 15) is 8.78 Å². The Kier molecular flexibility index (Phi) is 4.45. The normalized spacial score (nSPS) is 18.9. The van der Waals surface area contributed by atoms with Gasteiger partial charge in [-0.15, -0.1) is 11.3 Å². The number of halogens is 2. The van der Waals surface area contributed by atoms with E-state index in [4.69, 9.17) is 0 Å². The molecule has 0 radical (unpaired) electrons. The number of ether oxygens (including phenoxy) is 1. The van der Waals surface area contributed by atoms with E-state index in [1.54, 1.807) is 35.6 Å². The summed E-state index contributed by atoms with van der Waals surface area (Å²) in [6.07, 6.45) is 3.57. The maximum atomic E-state index is 12.1. The zero-order chi connectivity index (χ0) is 14.7. The highest BCUT2D eigenvalue weighted by atomic mass is 32.1. The summed E-state index contributed by atoms with van der Waals surface area (Å²) in [5, 5.41) is 6.58. The van der Waals surface area contributed by atoms with Gasteiger partial charge in [0.05, 0.1) is 11.7 Å². The van der Waals surface area contributed by atoms with E-state index in [0.29, 0.717) is 6.04 Å². The molecule has 3 rings (SSSR count). The topological polar surface area (TPSA) is 34.1 Å². The van der Waals surface area contributed by atoms with Gasteiger partial charge in [0.15, 0.2) is 0 Å². The summed E-state index contributed by atoms with van der Waals surface area (Å²) < 4.78 is 28.6. The van der Waals surface area contributed by atoms with Gasteiger partial charge in [0, 0.05) is 10.9 Å². The number of alkyl halides is 2. The Morgan fingerprint density at radius 2 is 2.05 bits per heavy atom. The maximum Gasteiger partial charge on any atom is 0.387 e. The Hall–Kier alpha value is -1.53. The van der Waals surface area contributed by atoms with Crippen LogP contribution in [-0.2, 0) is 0 Å². The molecule has 2 heterocycles. The third kappa shape index (κ3) is 3.57. The highest BCUT2D eigenvalue weighted by Crippen LogP contribution is 2.30. The summed E-state index contributed by atoms with van der Waals surface area (Å²) in [7, 11) is 0. The lowest BCUT2D eigenvalue weighted by Crippen LogP contribution is -2.26. The van der Waals surface area contributed by atoms with Crippen LogP contribution in [0.5, 0.6) is 5.75 Å². The molecular formula is C15H16F2N2OS. The van der Waals surface area contributed by atoms with Crippen molar-refractivity contribution in [2.75, 3.05) is 6.54 Å². The largest absolute Gasteiger partial charge is 0.435 e. The van der Waals surface area contributed by atoms with Gasteiger partial charge in [-0.1, -0.05) is 6.42 Å². The lowest BCUT2D eigenvalue weighted by Gasteiger charge is -2.21. The Labute approximate surface area is 126 Å². The number of hydrogen-bond donors (Lipinski definition) is 1. The van der Waals surface area contributed by atoms with Crippen molar-refractivity contribution in [3.8, 4) is 17.0 Å². The van der Waals surface area contributed by atoms with Crippen LogP contribution < -0.4 is 10.1 Å². The number of aromatic nitrogens is 1. The molecule has 1 aliphatic rings. The molecule has 1 fully saturated rings. The van der Waals surface area contributed by atoms with E-state index in [0.717, 1.165) is 29.2 Å². The SMILES string of the molecule is FC(F)Oc1ccc(-c2csc(C3CCCCN3)n2)cc1. The number of thiazole rings is 1. The van der Waals surface area contributed by atoms with Crippen molar-refractivity contribution < 1.29 is 13.5 Å². The molecule has 0 spiro atoms. The highest BCUT2D eigenvalue weighted by Gasteiger charge is 2.18. The first-order valence-electron chi connectivity index (χ1n) is 6.96. The minimum atomic E-state index is -2.79. The molecule has 6 heteroatoms. The molecule has 1 aliphatic heterocycles. The number of nitrogens with zero attached hydrogens (tertiary/aromatic N) is 1. The van der Waals surface area contributed by atoms with Crippen LogP contribution in [0.4, 0.5) is 8.78 Å². The molecule has 0 bridgehead atoms. The van der Waals surface area contributed by atoms with Crippen LogP contribution in [0.1, 0.15) is 30.3 Å². The second-order valence-electron chi connectivity index (χ2n) is 4.98. The second kappa shape index (κ2) is 6.49. The number of benzene rings is 1. The summed E-state index contributed by atoms with van der Waals surface area (Å²) in [6, 6.07) is 6.94. The van der Waals surface area contributed by atoms with Crippen LogP contribution in [0.15, 0.2) is 29.6 Å². The average molecular weight is 310 g/mol. The first-order chi connectivity index (χ1) is 10.2. The minimum absolute atomic E-state index is 0.165. The van der Waals surface area contributed by atoms with Gasteiger partial charge in [-0.05, 0) is 43.7 Å². The third-order valence-corrected chi connectivity index (χ3v) is 4.46. The fraction of sp³-hybridized carbons (Fsp3) is 0.400. The lowest BCUT2D eigenvalue weighted by molar-refractivity contribution is -0.0498. The molecule has 21 heavy (non-hydrogen) atoms. The third-order valence-electron chi connectivity index (χ3n) is 3.51. The van der Waals surface area contributed by atoms with Gasteiger partial charge in [-0.25, -0.2) is 4.98 Å². The molecule has 0 aliphatic carbocycles. The van der Waals surface area contributed by atoms with E-state index in [2.05, 4.69) is 15.0 Å². The predicted octanol–water partition coefficient (Wildman–Crippen LogP) is 4.23. The van der Waals surface area contributed by atoms with E-state index >= 15 is 0 Å². The Morgan fingerprint density at radius 3 is 2.71 bits per heavy atom. The molecule has 0 amide bonds. The van der Waals surface area contributed by atoms with Gasteiger partial charge < -0.3 is 10.1 Å². The van der Waals surface area contributed by atoms with E-state index in [1.807, 2.05) is 5.38 Å². The molecular weight excluding hydrogens is 294 g/mol. The Balaban J connectivity index is 1.73. The quantitative estimate of drug-likeness (QED) is 0.918. The summed E-state index contributed by atoms with van der Waals surface area (Å²) >= 11 is 1.64. The van der Waals surface area contributed by atoms with Gasteiger partial charge >= 0.3 is 6.61 Å². The van der Waals surface area contributed by atoms with E-state index in [-0.39, 0.29) is 5.75 Å². The maximum absolute atomic E-state index is 12.1. The first kappa shape index (κ1) is 14.4. The number of piperidine rings is 1. The zero-order valence-corrected chi connectivity index (χ0v) is 12.2. The van der Waals surface area contributed by atoms with Gasteiger partial charge in [-0.3, -0.25) is 0 Å². The minimum Gasteiger partial charge on any atom is -0.435 e. The predicted molar refractivity (Wildman–Crippen MR) is 78.8 cm³/mol. The van der Waals surface area contributed by atoms with Crippen molar-refractivity contribution in [2.45, 2.75) is 31.9 Å². The van der Waals surface area contributed by atoms with Crippen molar-refractivity contribution in [3.05, 3.63) is 34.7 Å². The molecule has 1 atom stereocenters. The van der Waals surface area contributed by atoms with Crippen LogP contribution in [0, 0.1) is 0 Å². The summed E-state index contributed by atoms with van der Waals surface area (Å²) in [4.78, 5) is 4.66. The average Bonchev–Trinajstić information content (AvgIpc) is 2.98. The molecule has 1 saturated heterocycles. The molecule has 112 valence electrons. The summed E-state index contributed by atoms with van der Waals surface area (Å²) in [5.74, 6) is 0.165. The van der Waals surface area contributed by atoms with Crippen LogP contribution in [0.2, 0.25) is 0 Å². The summed E-state index contributed by atoms with van der Waals surface area (Å²) in [6.45, 7) is -1.75. The number of hydrogen-bond acceptors (Lipinski definition) is 4. The number of rotatable bonds is 4. The Morgan fingerprint density at radius 1 is 1.24 bits per heavy atom. The number of nitrogens with one attached hydrogen (secondary N) is 1.